The molecule has 4 aliphatic carbocycles. The second-order valence-corrected chi connectivity index (χ2v) is 9.08. The van der Waals surface area contributed by atoms with Gasteiger partial charge in [0, 0.05) is 12.3 Å². The van der Waals surface area contributed by atoms with E-state index in [1.807, 2.05) is 0 Å². The molecule has 1 N–H and O–H groups in total. The van der Waals surface area contributed by atoms with E-state index in [2.05, 4.69) is 6.92 Å². The summed E-state index contributed by atoms with van der Waals surface area (Å²) in [5, 5.41) is 11.6. The number of hydrogen-bond donors (Lipinski definition) is 1. The Balaban J connectivity index is 1.47. The van der Waals surface area contributed by atoms with E-state index in [0.29, 0.717) is 11.8 Å². The third-order valence-electron chi connectivity index (χ3n) is 8.21. The highest BCUT2D eigenvalue weighted by atomic mass is 16.6. The smallest absolute Gasteiger partial charge is 0.302 e. The van der Waals surface area contributed by atoms with E-state index >= 15 is 0 Å². The van der Waals surface area contributed by atoms with E-state index in [1.54, 1.807) is 6.08 Å². The SMILES string of the molecule is CC(=O)OC1CCC2C3CCC45OC4C(=O)C=CC5(O)C3CCC12C. The van der Waals surface area contributed by atoms with Crippen LogP contribution < -0.4 is 0 Å². The number of ketones is 1. The molecule has 0 aromatic carbocycles. The number of rotatable bonds is 1. The minimum absolute atomic E-state index is 0.000406. The highest BCUT2D eigenvalue weighted by molar-refractivity contribution is 5.98. The molecule has 25 heavy (non-hydrogen) atoms. The summed E-state index contributed by atoms with van der Waals surface area (Å²) in [5.74, 6) is 0.792. The Morgan fingerprint density at radius 1 is 1.24 bits per heavy atom. The zero-order valence-electron chi connectivity index (χ0n) is 14.9. The minimum atomic E-state index is -1.02. The van der Waals surface area contributed by atoms with Crippen molar-refractivity contribution in [3.63, 3.8) is 0 Å². The van der Waals surface area contributed by atoms with Crippen LogP contribution in [0.1, 0.15) is 52.4 Å². The molecule has 5 aliphatic rings. The average molecular weight is 346 g/mol. The fraction of sp³-hybridized carbons (Fsp3) is 0.800. The summed E-state index contributed by atoms with van der Waals surface area (Å²) >= 11 is 0. The first kappa shape index (κ1) is 16.0. The van der Waals surface area contributed by atoms with Gasteiger partial charge in [-0.3, -0.25) is 9.59 Å². The first-order valence-corrected chi connectivity index (χ1v) is 9.62. The molecule has 5 heteroatoms. The van der Waals surface area contributed by atoms with Gasteiger partial charge in [0.15, 0.2) is 11.9 Å². The van der Waals surface area contributed by atoms with Gasteiger partial charge in [0.1, 0.15) is 17.3 Å². The van der Waals surface area contributed by atoms with Crippen molar-refractivity contribution in [3.05, 3.63) is 12.2 Å². The van der Waals surface area contributed by atoms with Crippen LogP contribution in [-0.4, -0.2) is 40.3 Å². The van der Waals surface area contributed by atoms with Gasteiger partial charge in [-0.25, -0.2) is 0 Å². The van der Waals surface area contributed by atoms with Gasteiger partial charge >= 0.3 is 5.97 Å². The molecule has 5 nitrogen and oxygen atoms in total. The predicted octanol–water partition coefficient (Wildman–Crippen LogP) is 2.16. The van der Waals surface area contributed by atoms with Crippen LogP contribution in [0.2, 0.25) is 0 Å². The molecular formula is C20H26O5. The lowest BCUT2D eigenvalue weighted by Gasteiger charge is -2.56. The van der Waals surface area contributed by atoms with Crippen LogP contribution in [-0.2, 0) is 19.1 Å². The Hall–Kier alpha value is -1.20. The van der Waals surface area contributed by atoms with Crippen LogP contribution in [0.5, 0.6) is 0 Å². The third-order valence-corrected chi connectivity index (χ3v) is 8.21. The van der Waals surface area contributed by atoms with Gasteiger partial charge in [0.25, 0.3) is 0 Å². The number of hydrogen-bond acceptors (Lipinski definition) is 5. The Morgan fingerprint density at radius 2 is 2.04 bits per heavy atom. The Kier molecular flexibility index (Phi) is 3.04. The molecule has 0 radical (unpaired) electrons. The third kappa shape index (κ3) is 1.81. The zero-order chi connectivity index (χ0) is 17.6. The van der Waals surface area contributed by atoms with Gasteiger partial charge in [-0.15, -0.1) is 0 Å². The highest BCUT2D eigenvalue weighted by Gasteiger charge is 2.77. The zero-order valence-corrected chi connectivity index (χ0v) is 14.9. The maximum atomic E-state index is 12.0. The topological polar surface area (TPSA) is 76.1 Å². The fourth-order valence-corrected chi connectivity index (χ4v) is 7.00. The minimum Gasteiger partial charge on any atom is -0.462 e. The molecule has 8 atom stereocenters. The quantitative estimate of drug-likeness (QED) is 0.582. The maximum Gasteiger partial charge on any atom is 0.302 e. The standard InChI is InChI=1S/C20H26O5/c1-11(21)24-16-4-3-13-12-5-10-20-17(25-20)15(22)7-9-19(20,23)14(12)6-8-18(13,16)2/h7,9,12-14,16-17,23H,3-6,8,10H2,1-2H3. The number of fused-ring (bicyclic) bond motifs is 4. The molecule has 0 bridgehead atoms. The maximum absolute atomic E-state index is 12.0. The van der Waals surface area contributed by atoms with Gasteiger partial charge in [-0.05, 0) is 68.4 Å². The summed E-state index contributed by atoms with van der Waals surface area (Å²) in [7, 11) is 0. The van der Waals surface area contributed by atoms with Gasteiger partial charge in [0.05, 0.1) is 0 Å². The van der Waals surface area contributed by atoms with Crippen molar-refractivity contribution < 1.29 is 24.2 Å². The van der Waals surface area contributed by atoms with Crippen molar-refractivity contribution in [2.45, 2.75) is 75.8 Å². The van der Waals surface area contributed by atoms with E-state index in [9.17, 15) is 14.7 Å². The molecule has 4 fully saturated rings. The molecule has 8 unspecified atom stereocenters. The van der Waals surface area contributed by atoms with Gasteiger partial charge < -0.3 is 14.6 Å². The van der Waals surface area contributed by atoms with Crippen molar-refractivity contribution in [1.29, 1.82) is 0 Å². The number of epoxide rings is 1. The van der Waals surface area contributed by atoms with Gasteiger partial charge in [0.2, 0.25) is 0 Å². The summed E-state index contributed by atoms with van der Waals surface area (Å²) in [4.78, 5) is 23.5. The normalized spacial score (nSPS) is 55.6. The van der Waals surface area contributed by atoms with Crippen molar-refractivity contribution in [1.82, 2.24) is 0 Å². The Bertz CT molecular complexity index is 686. The van der Waals surface area contributed by atoms with Crippen LogP contribution in [0.25, 0.3) is 0 Å². The van der Waals surface area contributed by atoms with Crippen molar-refractivity contribution in [3.8, 4) is 0 Å². The monoisotopic (exact) mass is 346 g/mol. The summed E-state index contributed by atoms with van der Waals surface area (Å²) < 4.78 is 11.5. The lowest BCUT2D eigenvalue weighted by molar-refractivity contribution is -0.167. The fourth-order valence-electron chi connectivity index (χ4n) is 7.00. The van der Waals surface area contributed by atoms with Crippen molar-refractivity contribution in [2.75, 3.05) is 0 Å². The van der Waals surface area contributed by atoms with Crippen LogP contribution in [0.15, 0.2) is 12.2 Å². The van der Waals surface area contributed by atoms with E-state index in [4.69, 9.17) is 9.47 Å². The Morgan fingerprint density at radius 3 is 2.80 bits per heavy atom. The van der Waals surface area contributed by atoms with E-state index in [-0.39, 0.29) is 29.2 Å². The van der Waals surface area contributed by atoms with Crippen LogP contribution in [0, 0.1) is 23.2 Å². The van der Waals surface area contributed by atoms with E-state index in [0.717, 1.165) is 38.5 Å². The van der Waals surface area contributed by atoms with E-state index in [1.165, 1.54) is 13.0 Å². The van der Waals surface area contributed by atoms with E-state index < -0.39 is 17.3 Å². The molecule has 1 spiro atoms. The molecule has 1 aliphatic heterocycles. The highest BCUT2D eigenvalue weighted by Crippen LogP contribution is 2.67. The number of carbonyl (C=O) groups excluding carboxylic acids is 2. The molecule has 5 rings (SSSR count). The molecule has 1 heterocycles. The molecule has 0 amide bonds. The lowest BCUT2D eigenvalue weighted by atomic mass is 9.49. The summed E-state index contributed by atoms with van der Waals surface area (Å²) in [6.45, 7) is 3.75. The van der Waals surface area contributed by atoms with Gasteiger partial charge in [-0.1, -0.05) is 6.92 Å². The van der Waals surface area contributed by atoms with Crippen molar-refractivity contribution in [2.24, 2.45) is 23.2 Å². The summed E-state index contributed by atoms with van der Waals surface area (Å²) in [6, 6.07) is 0. The van der Waals surface area contributed by atoms with Crippen molar-refractivity contribution >= 4 is 11.8 Å². The van der Waals surface area contributed by atoms with Crippen LogP contribution >= 0.6 is 0 Å². The number of esters is 1. The number of carbonyl (C=O) groups is 2. The largest absolute Gasteiger partial charge is 0.462 e. The molecule has 0 aromatic rings. The van der Waals surface area contributed by atoms with Crippen LogP contribution in [0.3, 0.4) is 0 Å². The first-order valence-electron chi connectivity index (χ1n) is 9.62. The van der Waals surface area contributed by atoms with Crippen LogP contribution in [0.4, 0.5) is 0 Å². The second-order valence-electron chi connectivity index (χ2n) is 9.08. The second kappa shape index (κ2) is 4.74. The number of ether oxygens (including phenoxy) is 2. The molecular weight excluding hydrogens is 320 g/mol. The lowest BCUT2D eigenvalue weighted by Crippen LogP contribution is -2.62. The van der Waals surface area contributed by atoms with Gasteiger partial charge in [-0.2, -0.15) is 0 Å². The molecule has 136 valence electrons. The molecule has 1 saturated heterocycles. The Labute approximate surface area is 147 Å². The number of aliphatic hydroxyl groups is 1. The first-order chi connectivity index (χ1) is 11.8. The molecule has 3 saturated carbocycles. The average Bonchev–Trinajstić information content (AvgIpc) is 3.22. The predicted molar refractivity (Wildman–Crippen MR) is 88.5 cm³/mol. The summed E-state index contributed by atoms with van der Waals surface area (Å²) in [5.41, 5.74) is -1.68. The molecule has 0 aromatic heterocycles. The summed E-state index contributed by atoms with van der Waals surface area (Å²) in [6.07, 6.45) is 8.35.